The molecule has 0 saturated carbocycles. The molecule has 1 aromatic rings. The molecule has 1 rings (SSSR count). The summed E-state index contributed by atoms with van der Waals surface area (Å²) in [6, 6.07) is 7.47. The first kappa shape index (κ1) is 12.9. The van der Waals surface area contributed by atoms with Gasteiger partial charge in [-0.15, -0.1) is 0 Å². The number of ketones is 1. The summed E-state index contributed by atoms with van der Waals surface area (Å²) in [7, 11) is 3.90. The Kier molecular flexibility index (Phi) is 5.23. The summed E-state index contributed by atoms with van der Waals surface area (Å²) in [5.74, 6) is 0.119. The molecule has 0 unspecified atom stereocenters. The summed E-state index contributed by atoms with van der Waals surface area (Å²) >= 11 is 5.96. The molecule has 0 bridgehead atoms. The molecule has 3 heteroatoms. The van der Waals surface area contributed by atoms with E-state index in [9.17, 15) is 4.79 Å². The minimum atomic E-state index is 0.119. The molecule has 2 nitrogen and oxygen atoms in total. The van der Waals surface area contributed by atoms with Crippen LogP contribution in [0.4, 0.5) is 0 Å². The second-order valence-electron chi connectivity index (χ2n) is 3.87. The Labute approximate surface area is 102 Å². The molecule has 0 N–H and O–H groups in total. The smallest absolute Gasteiger partial charge is 0.156 e. The summed E-state index contributed by atoms with van der Waals surface area (Å²) in [4.78, 5) is 13.5. The average Bonchev–Trinajstić information content (AvgIpc) is 2.25. The van der Waals surface area contributed by atoms with Crippen LogP contribution in [0.25, 0.3) is 6.08 Å². The number of nitrogens with zero attached hydrogens (tertiary/aromatic N) is 1. The lowest BCUT2D eigenvalue weighted by molar-refractivity contribution is -0.114. The number of rotatable bonds is 5. The molecule has 0 aliphatic carbocycles. The molecule has 0 spiro atoms. The molecule has 0 aliphatic rings. The zero-order valence-electron chi connectivity index (χ0n) is 9.61. The molecule has 86 valence electrons. The van der Waals surface area contributed by atoms with Gasteiger partial charge in [0.25, 0.3) is 0 Å². The number of carbonyl (C=O) groups is 1. The van der Waals surface area contributed by atoms with Crippen LogP contribution in [0.2, 0.25) is 5.02 Å². The highest BCUT2D eigenvalue weighted by atomic mass is 35.5. The molecule has 16 heavy (non-hydrogen) atoms. The van der Waals surface area contributed by atoms with Crippen molar-refractivity contribution >= 4 is 23.5 Å². The minimum absolute atomic E-state index is 0.119. The molecule has 0 heterocycles. The van der Waals surface area contributed by atoms with Gasteiger partial charge in [0.1, 0.15) is 0 Å². The molecule has 0 fully saturated rings. The van der Waals surface area contributed by atoms with Crippen LogP contribution in [0.5, 0.6) is 0 Å². The summed E-state index contributed by atoms with van der Waals surface area (Å²) < 4.78 is 0. The standard InChI is InChI=1S/C13H16ClNO/c1-15(2)10-9-12(16)8-7-11-5-3-4-6-13(11)14/h3-8H,9-10H2,1-2H3. The highest BCUT2D eigenvalue weighted by Crippen LogP contribution is 2.16. The average molecular weight is 238 g/mol. The molecule has 0 aromatic heterocycles. The lowest BCUT2D eigenvalue weighted by Gasteiger charge is -2.06. The van der Waals surface area contributed by atoms with Gasteiger partial charge in [-0.05, 0) is 37.9 Å². The van der Waals surface area contributed by atoms with Crippen molar-refractivity contribution in [3.63, 3.8) is 0 Å². The van der Waals surface area contributed by atoms with Gasteiger partial charge >= 0.3 is 0 Å². The Morgan fingerprint density at radius 2 is 2.06 bits per heavy atom. The Morgan fingerprint density at radius 3 is 2.69 bits per heavy atom. The maximum Gasteiger partial charge on any atom is 0.156 e. The third-order valence-corrected chi connectivity index (χ3v) is 2.50. The van der Waals surface area contributed by atoms with Crippen molar-refractivity contribution in [2.24, 2.45) is 0 Å². The fraction of sp³-hybridized carbons (Fsp3) is 0.308. The zero-order valence-corrected chi connectivity index (χ0v) is 10.4. The Bertz CT molecular complexity index is 385. The van der Waals surface area contributed by atoms with Crippen LogP contribution in [-0.4, -0.2) is 31.3 Å². The number of carbonyl (C=O) groups excluding carboxylic acids is 1. The topological polar surface area (TPSA) is 20.3 Å². The van der Waals surface area contributed by atoms with Crippen molar-refractivity contribution in [1.29, 1.82) is 0 Å². The van der Waals surface area contributed by atoms with Crippen LogP contribution in [0.15, 0.2) is 30.3 Å². The van der Waals surface area contributed by atoms with Gasteiger partial charge in [0, 0.05) is 18.0 Å². The largest absolute Gasteiger partial charge is 0.309 e. The molecular formula is C13H16ClNO. The first-order valence-corrected chi connectivity index (χ1v) is 5.57. The fourth-order valence-corrected chi connectivity index (χ4v) is 1.41. The van der Waals surface area contributed by atoms with Gasteiger partial charge in [-0.3, -0.25) is 4.79 Å². The Hall–Kier alpha value is -1.12. The predicted molar refractivity (Wildman–Crippen MR) is 68.7 cm³/mol. The van der Waals surface area contributed by atoms with E-state index in [0.29, 0.717) is 11.4 Å². The predicted octanol–water partition coefficient (Wildman–Crippen LogP) is 2.87. The van der Waals surface area contributed by atoms with Gasteiger partial charge in [-0.25, -0.2) is 0 Å². The van der Waals surface area contributed by atoms with Crippen molar-refractivity contribution < 1.29 is 4.79 Å². The fourth-order valence-electron chi connectivity index (χ4n) is 1.21. The monoisotopic (exact) mass is 237 g/mol. The summed E-state index contributed by atoms with van der Waals surface area (Å²) in [5.41, 5.74) is 0.877. The first-order valence-electron chi connectivity index (χ1n) is 5.20. The normalized spacial score (nSPS) is 11.2. The maximum atomic E-state index is 11.5. The van der Waals surface area contributed by atoms with Crippen LogP contribution in [0.1, 0.15) is 12.0 Å². The first-order chi connectivity index (χ1) is 7.59. The van der Waals surface area contributed by atoms with E-state index in [1.165, 1.54) is 0 Å². The lowest BCUT2D eigenvalue weighted by Crippen LogP contribution is -2.15. The molecule has 1 aromatic carbocycles. The molecular weight excluding hydrogens is 222 g/mol. The van der Waals surface area contributed by atoms with Crippen LogP contribution < -0.4 is 0 Å². The summed E-state index contributed by atoms with van der Waals surface area (Å²) in [5, 5.41) is 0.666. The van der Waals surface area contributed by atoms with Gasteiger partial charge in [0.2, 0.25) is 0 Å². The quantitative estimate of drug-likeness (QED) is 0.734. The minimum Gasteiger partial charge on any atom is -0.309 e. The number of hydrogen-bond donors (Lipinski definition) is 0. The van der Waals surface area contributed by atoms with Gasteiger partial charge in [-0.2, -0.15) is 0 Å². The SMILES string of the molecule is CN(C)CCC(=O)C=Cc1ccccc1Cl. The van der Waals surface area contributed by atoms with Gasteiger partial charge in [0.05, 0.1) is 0 Å². The van der Waals surface area contributed by atoms with Crippen molar-refractivity contribution in [2.45, 2.75) is 6.42 Å². The van der Waals surface area contributed by atoms with E-state index in [0.717, 1.165) is 12.1 Å². The van der Waals surface area contributed by atoms with Crippen LogP contribution in [0.3, 0.4) is 0 Å². The highest BCUT2D eigenvalue weighted by Gasteiger charge is 1.99. The van der Waals surface area contributed by atoms with Crippen LogP contribution >= 0.6 is 11.6 Å². The van der Waals surface area contributed by atoms with E-state index in [-0.39, 0.29) is 5.78 Å². The number of halogens is 1. The third-order valence-electron chi connectivity index (χ3n) is 2.16. The number of benzene rings is 1. The molecule has 0 saturated heterocycles. The van der Waals surface area contributed by atoms with Crippen LogP contribution in [0, 0.1) is 0 Å². The van der Waals surface area contributed by atoms with E-state index in [1.54, 1.807) is 12.2 Å². The zero-order chi connectivity index (χ0) is 12.0. The molecule has 0 radical (unpaired) electrons. The van der Waals surface area contributed by atoms with Gasteiger partial charge < -0.3 is 4.90 Å². The number of allylic oxidation sites excluding steroid dienone is 1. The van der Waals surface area contributed by atoms with Crippen LogP contribution in [-0.2, 0) is 4.79 Å². The summed E-state index contributed by atoms with van der Waals surface area (Å²) in [6.07, 6.45) is 3.89. The Morgan fingerprint density at radius 1 is 1.38 bits per heavy atom. The van der Waals surface area contributed by atoms with E-state index in [1.807, 2.05) is 43.3 Å². The second kappa shape index (κ2) is 6.46. The van der Waals surface area contributed by atoms with E-state index < -0.39 is 0 Å². The van der Waals surface area contributed by atoms with E-state index >= 15 is 0 Å². The summed E-state index contributed by atoms with van der Waals surface area (Å²) in [6.45, 7) is 0.770. The van der Waals surface area contributed by atoms with Crippen molar-refractivity contribution in [3.05, 3.63) is 40.9 Å². The molecule has 0 atom stereocenters. The van der Waals surface area contributed by atoms with Crippen molar-refractivity contribution in [1.82, 2.24) is 4.90 Å². The van der Waals surface area contributed by atoms with Gasteiger partial charge in [0.15, 0.2) is 5.78 Å². The lowest BCUT2D eigenvalue weighted by atomic mass is 10.1. The molecule has 0 aliphatic heterocycles. The van der Waals surface area contributed by atoms with E-state index in [4.69, 9.17) is 11.6 Å². The van der Waals surface area contributed by atoms with Crippen molar-refractivity contribution in [3.8, 4) is 0 Å². The molecule has 0 amide bonds. The second-order valence-corrected chi connectivity index (χ2v) is 4.28. The van der Waals surface area contributed by atoms with Crippen molar-refractivity contribution in [2.75, 3.05) is 20.6 Å². The Balaban J connectivity index is 2.54. The maximum absolute atomic E-state index is 11.5. The third kappa shape index (κ3) is 4.60. The number of hydrogen-bond acceptors (Lipinski definition) is 2. The van der Waals surface area contributed by atoms with E-state index in [2.05, 4.69) is 0 Å². The van der Waals surface area contributed by atoms with Gasteiger partial charge in [-0.1, -0.05) is 29.8 Å². The highest BCUT2D eigenvalue weighted by molar-refractivity contribution is 6.32.